The fourth-order valence-corrected chi connectivity index (χ4v) is 3.53. The first-order valence-electron chi connectivity index (χ1n) is 9.90. The third kappa shape index (κ3) is 4.71. The van der Waals surface area contributed by atoms with Crippen LogP contribution in [0, 0.1) is 5.92 Å². The molecular formula is C23H29N3O2. The van der Waals surface area contributed by atoms with Gasteiger partial charge in [-0.1, -0.05) is 25.1 Å². The Labute approximate surface area is 167 Å². The number of nitrogens with zero attached hydrogens (tertiary/aromatic N) is 3. The molecule has 2 aromatic rings. The molecule has 1 fully saturated rings. The Kier molecular flexibility index (Phi) is 6.34. The number of likely N-dealkylation sites (N-methyl/N-ethyl adjacent to an activating group) is 1. The zero-order valence-electron chi connectivity index (χ0n) is 17.0. The van der Waals surface area contributed by atoms with Gasteiger partial charge in [0.1, 0.15) is 6.54 Å². The first kappa shape index (κ1) is 19.9. The van der Waals surface area contributed by atoms with Crippen LogP contribution in [0.4, 0.5) is 17.1 Å². The number of carbonyl (C=O) groups is 2. The lowest BCUT2D eigenvalue weighted by Gasteiger charge is -2.32. The third-order valence-corrected chi connectivity index (χ3v) is 5.50. The zero-order valence-corrected chi connectivity index (χ0v) is 17.0. The van der Waals surface area contributed by atoms with Crippen molar-refractivity contribution in [3.05, 3.63) is 54.6 Å². The molecular weight excluding hydrogens is 350 g/mol. The number of piperidine rings is 1. The maximum Gasteiger partial charge on any atom is 0.246 e. The minimum absolute atomic E-state index is 0.0152. The standard InChI is InChI=1S/C23H29N3O2/c1-18-13-15-25(16-14-18)21-9-11-22(12-10-21)26(19(2)27)17-23(28)24(3)20-7-5-4-6-8-20/h4-12,18H,13-17H2,1-3H3. The van der Waals surface area contributed by atoms with Gasteiger partial charge in [0, 0.05) is 44.1 Å². The molecule has 1 saturated heterocycles. The van der Waals surface area contributed by atoms with E-state index in [1.807, 2.05) is 54.6 Å². The normalized spacial score (nSPS) is 14.6. The highest BCUT2D eigenvalue weighted by atomic mass is 16.2. The second-order valence-corrected chi connectivity index (χ2v) is 7.58. The van der Waals surface area contributed by atoms with Crippen molar-refractivity contribution in [2.45, 2.75) is 26.7 Å². The topological polar surface area (TPSA) is 43.9 Å². The van der Waals surface area contributed by atoms with Crippen molar-refractivity contribution in [3.63, 3.8) is 0 Å². The second-order valence-electron chi connectivity index (χ2n) is 7.58. The molecule has 28 heavy (non-hydrogen) atoms. The van der Waals surface area contributed by atoms with Crippen LogP contribution in [0.2, 0.25) is 0 Å². The SMILES string of the molecule is CC(=O)N(CC(=O)N(C)c1ccccc1)c1ccc(N2CCC(C)CC2)cc1. The van der Waals surface area contributed by atoms with E-state index in [1.54, 1.807) is 11.9 Å². The third-order valence-electron chi connectivity index (χ3n) is 5.50. The van der Waals surface area contributed by atoms with Crippen LogP contribution in [0.15, 0.2) is 54.6 Å². The lowest BCUT2D eigenvalue weighted by atomic mass is 9.99. The van der Waals surface area contributed by atoms with Crippen LogP contribution in [0.1, 0.15) is 26.7 Å². The molecule has 0 aliphatic carbocycles. The molecule has 5 heteroatoms. The number of benzene rings is 2. The van der Waals surface area contributed by atoms with Crippen molar-refractivity contribution in [1.29, 1.82) is 0 Å². The number of amides is 2. The molecule has 2 amide bonds. The van der Waals surface area contributed by atoms with Gasteiger partial charge in [-0.15, -0.1) is 0 Å². The highest BCUT2D eigenvalue weighted by Gasteiger charge is 2.20. The van der Waals surface area contributed by atoms with Gasteiger partial charge >= 0.3 is 0 Å². The molecule has 1 aliphatic rings. The molecule has 1 heterocycles. The Morgan fingerprint density at radius 3 is 2.14 bits per heavy atom. The van der Waals surface area contributed by atoms with Gasteiger partial charge in [-0.3, -0.25) is 9.59 Å². The van der Waals surface area contributed by atoms with Gasteiger partial charge in [0.25, 0.3) is 0 Å². The van der Waals surface area contributed by atoms with E-state index in [0.717, 1.165) is 30.4 Å². The van der Waals surface area contributed by atoms with Crippen LogP contribution in [-0.4, -0.2) is 38.5 Å². The van der Waals surface area contributed by atoms with Crippen molar-refractivity contribution in [3.8, 4) is 0 Å². The molecule has 0 radical (unpaired) electrons. The van der Waals surface area contributed by atoms with Crippen molar-refractivity contribution in [2.24, 2.45) is 5.92 Å². The number of hydrogen-bond donors (Lipinski definition) is 0. The summed E-state index contributed by atoms with van der Waals surface area (Å²) in [6.45, 7) is 5.94. The molecule has 0 aromatic heterocycles. The molecule has 5 nitrogen and oxygen atoms in total. The predicted molar refractivity (Wildman–Crippen MR) is 115 cm³/mol. The summed E-state index contributed by atoms with van der Waals surface area (Å²) in [5.74, 6) is 0.515. The summed E-state index contributed by atoms with van der Waals surface area (Å²) in [5.41, 5.74) is 2.73. The molecule has 148 valence electrons. The van der Waals surface area contributed by atoms with Crippen LogP contribution in [0.3, 0.4) is 0 Å². The molecule has 2 aromatic carbocycles. The minimum Gasteiger partial charge on any atom is -0.372 e. The Morgan fingerprint density at radius 2 is 1.57 bits per heavy atom. The number of anilines is 3. The van der Waals surface area contributed by atoms with Crippen molar-refractivity contribution in [2.75, 3.05) is 41.4 Å². The van der Waals surface area contributed by atoms with Crippen molar-refractivity contribution in [1.82, 2.24) is 0 Å². The van der Waals surface area contributed by atoms with Gasteiger partial charge in [0.15, 0.2) is 0 Å². The van der Waals surface area contributed by atoms with Gasteiger partial charge < -0.3 is 14.7 Å². The zero-order chi connectivity index (χ0) is 20.1. The highest BCUT2D eigenvalue weighted by Crippen LogP contribution is 2.26. The van der Waals surface area contributed by atoms with E-state index in [9.17, 15) is 9.59 Å². The number of para-hydroxylation sites is 1. The summed E-state index contributed by atoms with van der Waals surface area (Å²) in [7, 11) is 1.73. The predicted octanol–water partition coefficient (Wildman–Crippen LogP) is 3.94. The van der Waals surface area contributed by atoms with E-state index in [0.29, 0.717) is 0 Å². The average Bonchev–Trinajstić information content (AvgIpc) is 2.72. The summed E-state index contributed by atoms with van der Waals surface area (Å²) in [6, 6.07) is 17.4. The number of hydrogen-bond acceptors (Lipinski definition) is 3. The van der Waals surface area contributed by atoms with Crippen LogP contribution in [-0.2, 0) is 9.59 Å². The van der Waals surface area contributed by atoms with E-state index in [1.165, 1.54) is 30.4 Å². The largest absolute Gasteiger partial charge is 0.372 e. The molecule has 0 N–H and O–H groups in total. The summed E-state index contributed by atoms with van der Waals surface area (Å²) < 4.78 is 0. The first-order valence-corrected chi connectivity index (χ1v) is 9.90. The lowest BCUT2D eigenvalue weighted by Crippen LogP contribution is -2.40. The molecule has 0 unspecified atom stereocenters. The van der Waals surface area contributed by atoms with Gasteiger partial charge in [-0.2, -0.15) is 0 Å². The van der Waals surface area contributed by atoms with E-state index in [4.69, 9.17) is 0 Å². The van der Waals surface area contributed by atoms with E-state index < -0.39 is 0 Å². The second kappa shape index (κ2) is 8.91. The average molecular weight is 380 g/mol. The first-order chi connectivity index (χ1) is 13.5. The van der Waals surface area contributed by atoms with Crippen LogP contribution >= 0.6 is 0 Å². The summed E-state index contributed by atoms with van der Waals surface area (Å²) >= 11 is 0. The Hall–Kier alpha value is -2.82. The maximum absolute atomic E-state index is 12.7. The highest BCUT2D eigenvalue weighted by molar-refractivity contribution is 6.02. The van der Waals surface area contributed by atoms with Crippen molar-refractivity contribution < 1.29 is 9.59 Å². The van der Waals surface area contributed by atoms with E-state index in [2.05, 4.69) is 11.8 Å². The fourth-order valence-electron chi connectivity index (χ4n) is 3.53. The van der Waals surface area contributed by atoms with Crippen LogP contribution in [0.25, 0.3) is 0 Å². The molecule has 1 aliphatic heterocycles. The van der Waals surface area contributed by atoms with E-state index >= 15 is 0 Å². The summed E-state index contributed by atoms with van der Waals surface area (Å²) in [5, 5.41) is 0. The van der Waals surface area contributed by atoms with Crippen molar-refractivity contribution >= 4 is 28.9 Å². The number of rotatable bonds is 5. The van der Waals surface area contributed by atoms with Crippen LogP contribution in [0.5, 0.6) is 0 Å². The minimum atomic E-state index is -0.144. The van der Waals surface area contributed by atoms with Crippen LogP contribution < -0.4 is 14.7 Å². The van der Waals surface area contributed by atoms with Gasteiger partial charge in [-0.05, 0) is 55.2 Å². The Bertz CT molecular complexity index is 796. The number of carbonyl (C=O) groups excluding carboxylic acids is 2. The molecule has 0 atom stereocenters. The molecule has 0 saturated carbocycles. The summed E-state index contributed by atoms with van der Waals surface area (Å²) in [4.78, 5) is 30.4. The fraction of sp³-hybridized carbons (Fsp3) is 0.391. The summed E-state index contributed by atoms with van der Waals surface area (Å²) in [6.07, 6.45) is 2.42. The molecule has 0 bridgehead atoms. The van der Waals surface area contributed by atoms with Gasteiger partial charge in [0.2, 0.25) is 11.8 Å². The van der Waals surface area contributed by atoms with E-state index in [-0.39, 0.29) is 18.4 Å². The smallest absolute Gasteiger partial charge is 0.246 e. The van der Waals surface area contributed by atoms with Gasteiger partial charge in [0.05, 0.1) is 0 Å². The quantitative estimate of drug-likeness (QED) is 0.790. The Morgan fingerprint density at radius 1 is 0.964 bits per heavy atom. The monoisotopic (exact) mass is 379 g/mol. The molecule has 0 spiro atoms. The van der Waals surface area contributed by atoms with Gasteiger partial charge in [-0.25, -0.2) is 0 Å². The molecule has 3 rings (SSSR count). The lowest BCUT2D eigenvalue weighted by molar-refractivity contribution is -0.121. The maximum atomic E-state index is 12.7. The Balaban J connectivity index is 1.70.